The summed E-state index contributed by atoms with van der Waals surface area (Å²) in [7, 11) is 0. The molecule has 0 aliphatic rings. The summed E-state index contributed by atoms with van der Waals surface area (Å²) in [6, 6.07) is 32.0. The molecule has 0 N–H and O–H groups in total. The number of rotatable bonds is 4. The highest BCUT2D eigenvalue weighted by Gasteiger charge is 2.18. The van der Waals surface area contributed by atoms with Gasteiger partial charge in [0.15, 0.2) is 0 Å². The lowest BCUT2D eigenvalue weighted by Crippen LogP contribution is -1.97. The number of benzene rings is 3. The Hall–Kier alpha value is -2.97. The molecule has 0 amide bonds. The van der Waals surface area contributed by atoms with Crippen molar-refractivity contribution < 1.29 is 4.79 Å². The Morgan fingerprint density at radius 3 is 1.76 bits per heavy atom. The molecule has 0 aliphatic heterocycles. The highest BCUT2D eigenvalue weighted by Crippen LogP contribution is 2.40. The zero-order valence-electron chi connectivity index (χ0n) is 13.6. The van der Waals surface area contributed by atoms with E-state index in [9.17, 15) is 4.79 Å². The van der Waals surface area contributed by atoms with E-state index in [-0.39, 0.29) is 5.78 Å². The third-order valence-corrected chi connectivity index (χ3v) is 5.30. The van der Waals surface area contributed by atoms with Crippen molar-refractivity contribution in [1.29, 1.82) is 0 Å². The Kier molecular flexibility index (Phi) is 4.28. The molecule has 0 saturated carbocycles. The Morgan fingerprint density at radius 2 is 1.16 bits per heavy atom. The van der Waals surface area contributed by atoms with Crippen LogP contribution in [0.2, 0.25) is 0 Å². The van der Waals surface area contributed by atoms with Crippen molar-refractivity contribution in [2.24, 2.45) is 0 Å². The Bertz CT molecular complexity index is 929. The van der Waals surface area contributed by atoms with Crippen LogP contribution in [0.15, 0.2) is 97.1 Å². The fourth-order valence-corrected chi connectivity index (χ4v) is 4.02. The molecule has 4 aromatic rings. The average molecular weight is 340 g/mol. The molecule has 0 bridgehead atoms. The van der Waals surface area contributed by atoms with Crippen LogP contribution in [-0.4, -0.2) is 5.78 Å². The lowest BCUT2D eigenvalue weighted by molar-refractivity contribution is 0.104. The molecule has 0 unspecified atom stereocenters. The molecule has 1 heterocycles. The van der Waals surface area contributed by atoms with Gasteiger partial charge in [0.25, 0.3) is 0 Å². The predicted molar refractivity (Wildman–Crippen MR) is 105 cm³/mol. The van der Waals surface area contributed by atoms with Gasteiger partial charge in [-0.05, 0) is 17.2 Å². The third kappa shape index (κ3) is 3.17. The van der Waals surface area contributed by atoms with Gasteiger partial charge in [0.1, 0.15) is 0 Å². The second-order valence-corrected chi connectivity index (χ2v) is 6.83. The number of hydrogen-bond donors (Lipinski definition) is 0. The normalized spacial score (nSPS) is 10.6. The van der Waals surface area contributed by atoms with Crippen LogP contribution in [0.4, 0.5) is 0 Å². The van der Waals surface area contributed by atoms with Crippen LogP contribution >= 0.6 is 11.3 Å². The first-order valence-electron chi connectivity index (χ1n) is 8.17. The maximum atomic E-state index is 12.9. The minimum atomic E-state index is 0.0740. The lowest BCUT2D eigenvalue weighted by atomic mass is 10.0. The zero-order chi connectivity index (χ0) is 17.1. The fraction of sp³-hybridized carbons (Fsp3) is 0. The summed E-state index contributed by atoms with van der Waals surface area (Å²) >= 11 is 1.56. The quantitative estimate of drug-likeness (QED) is 0.398. The summed E-state index contributed by atoms with van der Waals surface area (Å²) < 4.78 is 0. The van der Waals surface area contributed by atoms with Crippen molar-refractivity contribution in [2.75, 3.05) is 0 Å². The van der Waals surface area contributed by atoms with Crippen molar-refractivity contribution >= 4 is 17.1 Å². The monoisotopic (exact) mass is 340 g/mol. The van der Waals surface area contributed by atoms with E-state index in [4.69, 9.17) is 0 Å². The van der Waals surface area contributed by atoms with Crippen LogP contribution in [0.5, 0.6) is 0 Å². The molecule has 1 nitrogen and oxygen atoms in total. The molecular formula is C23H16OS. The molecule has 3 aromatic carbocycles. The molecule has 0 saturated heterocycles. The van der Waals surface area contributed by atoms with Crippen LogP contribution < -0.4 is 0 Å². The van der Waals surface area contributed by atoms with Crippen LogP contribution in [0.1, 0.15) is 15.2 Å². The van der Waals surface area contributed by atoms with Crippen molar-refractivity contribution in [3.8, 4) is 21.6 Å². The summed E-state index contributed by atoms with van der Waals surface area (Å²) in [5, 5.41) is 0. The molecule has 4 rings (SSSR count). The summed E-state index contributed by atoms with van der Waals surface area (Å²) in [4.78, 5) is 14.8. The van der Waals surface area contributed by atoms with E-state index >= 15 is 0 Å². The molecule has 1 aromatic heterocycles. The molecule has 0 aliphatic carbocycles. The van der Waals surface area contributed by atoms with E-state index in [0.29, 0.717) is 0 Å². The minimum absolute atomic E-state index is 0.0740. The Labute approximate surface area is 151 Å². The van der Waals surface area contributed by atoms with Gasteiger partial charge in [-0.1, -0.05) is 91.0 Å². The topological polar surface area (TPSA) is 17.1 Å². The number of thiophene rings is 1. The van der Waals surface area contributed by atoms with E-state index in [1.807, 2.05) is 72.8 Å². The molecule has 120 valence electrons. The second kappa shape index (κ2) is 6.88. The number of hydrogen-bond acceptors (Lipinski definition) is 2. The van der Waals surface area contributed by atoms with Gasteiger partial charge >= 0.3 is 0 Å². The SMILES string of the molecule is O=C(c1ccccc1)c1cc(-c2ccccc2)c(-c2ccccc2)s1. The van der Waals surface area contributed by atoms with Crippen molar-refractivity contribution in [1.82, 2.24) is 0 Å². The summed E-state index contributed by atoms with van der Waals surface area (Å²) in [6.45, 7) is 0. The van der Waals surface area contributed by atoms with Crippen LogP contribution in [0.25, 0.3) is 21.6 Å². The van der Waals surface area contributed by atoms with Crippen molar-refractivity contribution in [3.05, 3.63) is 108 Å². The molecule has 2 heteroatoms. The standard InChI is InChI=1S/C23H16OS/c24-22(18-12-6-2-7-13-18)21-16-20(17-10-4-1-5-11-17)23(25-21)19-14-8-3-9-15-19/h1-16H. The molecule has 0 radical (unpaired) electrons. The number of carbonyl (C=O) groups excluding carboxylic acids is 1. The van der Waals surface area contributed by atoms with Crippen molar-refractivity contribution in [3.63, 3.8) is 0 Å². The summed E-state index contributed by atoms with van der Waals surface area (Å²) in [5.74, 6) is 0.0740. The smallest absolute Gasteiger partial charge is 0.202 e. The second-order valence-electron chi connectivity index (χ2n) is 5.78. The van der Waals surface area contributed by atoms with E-state index in [2.05, 4.69) is 24.3 Å². The van der Waals surface area contributed by atoms with E-state index in [1.54, 1.807) is 11.3 Å². The highest BCUT2D eigenvalue weighted by molar-refractivity contribution is 7.18. The Balaban J connectivity index is 1.86. The minimum Gasteiger partial charge on any atom is -0.288 e. The van der Waals surface area contributed by atoms with Gasteiger partial charge in [-0.15, -0.1) is 11.3 Å². The largest absolute Gasteiger partial charge is 0.288 e. The summed E-state index contributed by atoms with van der Waals surface area (Å²) in [5.41, 5.74) is 4.10. The Morgan fingerprint density at radius 1 is 0.640 bits per heavy atom. The first-order chi connectivity index (χ1) is 12.3. The fourth-order valence-electron chi connectivity index (χ4n) is 2.87. The van der Waals surface area contributed by atoms with Gasteiger partial charge in [0.05, 0.1) is 4.88 Å². The summed E-state index contributed by atoms with van der Waals surface area (Å²) in [6.07, 6.45) is 0. The van der Waals surface area contributed by atoms with Gasteiger partial charge in [-0.2, -0.15) is 0 Å². The van der Waals surface area contributed by atoms with Crippen LogP contribution in [0, 0.1) is 0 Å². The van der Waals surface area contributed by atoms with Crippen LogP contribution in [0.3, 0.4) is 0 Å². The van der Waals surface area contributed by atoms with E-state index in [1.165, 1.54) is 0 Å². The maximum absolute atomic E-state index is 12.9. The molecular weight excluding hydrogens is 324 g/mol. The van der Waals surface area contributed by atoms with Gasteiger partial charge in [0, 0.05) is 16.0 Å². The van der Waals surface area contributed by atoms with E-state index in [0.717, 1.165) is 32.0 Å². The van der Waals surface area contributed by atoms with Gasteiger partial charge < -0.3 is 0 Å². The van der Waals surface area contributed by atoms with Gasteiger partial charge in [-0.3, -0.25) is 4.79 Å². The van der Waals surface area contributed by atoms with Gasteiger partial charge in [0.2, 0.25) is 5.78 Å². The van der Waals surface area contributed by atoms with E-state index < -0.39 is 0 Å². The molecule has 0 spiro atoms. The lowest BCUT2D eigenvalue weighted by Gasteiger charge is -2.03. The maximum Gasteiger partial charge on any atom is 0.202 e. The van der Waals surface area contributed by atoms with Crippen molar-refractivity contribution in [2.45, 2.75) is 0 Å². The molecule has 25 heavy (non-hydrogen) atoms. The predicted octanol–water partition coefficient (Wildman–Crippen LogP) is 6.31. The number of carbonyl (C=O) groups is 1. The highest BCUT2D eigenvalue weighted by atomic mass is 32.1. The number of ketones is 1. The zero-order valence-corrected chi connectivity index (χ0v) is 14.4. The van der Waals surface area contributed by atoms with Crippen LogP contribution in [-0.2, 0) is 0 Å². The third-order valence-electron chi connectivity index (χ3n) is 4.11. The van der Waals surface area contributed by atoms with Gasteiger partial charge in [-0.25, -0.2) is 0 Å². The first-order valence-corrected chi connectivity index (χ1v) is 8.99. The molecule has 0 atom stereocenters. The first kappa shape index (κ1) is 15.6. The molecule has 0 fully saturated rings. The average Bonchev–Trinajstić information content (AvgIpc) is 3.15.